The van der Waals surface area contributed by atoms with Gasteiger partial charge in [-0.3, -0.25) is 0 Å². The normalized spacial score (nSPS) is 14.2. The van der Waals surface area contributed by atoms with Crippen molar-refractivity contribution in [1.82, 2.24) is 9.97 Å². The first-order chi connectivity index (χ1) is 5.93. The van der Waals surface area contributed by atoms with E-state index < -0.39 is 18.0 Å². The van der Waals surface area contributed by atoms with Gasteiger partial charge in [-0.1, -0.05) is 0 Å². The molecule has 1 unspecified atom stereocenters. The molecule has 0 saturated heterocycles. The van der Waals surface area contributed by atoms with Crippen LogP contribution in [0.25, 0.3) is 0 Å². The third kappa shape index (κ3) is 2.15. The lowest BCUT2D eigenvalue weighted by Gasteiger charge is -2.11. The second-order valence-corrected chi connectivity index (χ2v) is 2.50. The van der Waals surface area contributed by atoms with E-state index in [0.717, 1.165) is 12.5 Å². The van der Waals surface area contributed by atoms with E-state index in [0.29, 0.717) is 0 Å². The van der Waals surface area contributed by atoms with E-state index in [1.54, 1.807) is 0 Å². The number of aliphatic hydroxyl groups is 1. The summed E-state index contributed by atoms with van der Waals surface area (Å²) in [4.78, 5) is 6.48. The number of aromatic nitrogens is 2. The van der Waals surface area contributed by atoms with Crippen molar-refractivity contribution in [3.63, 3.8) is 0 Å². The molecule has 0 saturated carbocycles. The van der Waals surface area contributed by atoms with Crippen LogP contribution in [-0.4, -0.2) is 15.1 Å². The maximum absolute atomic E-state index is 12.2. The van der Waals surface area contributed by atoms with Crippen molar-refractivity contribution in [2.45, 2.75) is 19.2 Å². The minimum absolute atomic E-state index is 0.310. The standard InChI is InChI=1S/C7H7F3N2O/c1-4(13)5-2-11-3-12-6(5)7(8,9)10/h2-4,13H,1H3. The Hall–Kier alpha value is -1.17. The van der Waals surface area contributed by atoms with Gasteiger partial charge in [0.1, 0.15) is 6.33 Å². The summed E-state index contributed by atoms with van der Waals surface area (Å²) < 4.78 is 36.6. The van der Waals surface area contributed by atoms with Crippen molar-refractivity contribution in [2.75, 3.05) is 0 Å². The van der Waals surface area contributed by atoms with Crippen LogP contribution in [0.1, 0.15) is 24.3 Å². The highest BCUT2D eigenvalue weighted by atomic mass is 19.4. The van der Waals surface area contributed by atoms with E-state index >= 15 is 0 Å². The summed E-state index contributed by atoms with van der Waals surface area (Å²) >= 11 is 0. The Labute approximate surface area is 72.3 Å². The van der Waals surface area contributed by atoms with Crippen LogP contribution in [0.15, 0.2) is 12.5 Å². The van der Waals surface area contributed by atoms with Gasteiger partial charge in [-0.05, 0) is 6.92 Å². The molecular weight excluding hydrogens is 185 g/mol. The van der Waals surface area contributed by atoms with Crippen molar-refractivity contribution in [3.8, 4) is 0 Å². The van der Waals surface area contributed by atoms with Crippen molar-refractivity contribution in [3.05, 3.63) is 23.8 Å². The molecule has 0 bridgehead atoms. The van der Waals surface area contributed by atoms with Gasteiger partial charge in [0.25, 0.3) is 0 Å². The quantitative estimate of drug-likeness (QED) is 0.734. The topological polar surface area (TPSA) is 46.0 Å². The van der Waals surface area contributed by atoms with Crippen LogP contribution in [0.3, 0.4) is 0 Å². The van der Waals surface area contributed by atoms with Crippen LogP contribution in [0.4, 0.5) is 13.2 Å². The largest absolute Gasteiger partial charge is 0.433 e. The Morgan fingerprint density at radius 3 is 2.46 bits per heavy atom. The van der Waals surface area contributed by atoms with Gasteiger partial charge < -0.3 is 5.11 Å². The Morgan fingerprint density at radius 1 is 1.46 bits per heavy atom. The van der Waals surface area contributed by atoms with E-state index in [1.807, 2.05) is 0 Å². The second-order valence-electron chi connectivity index (χ2n) is 2.50. The average Bonchev–Trinajstić information content (AvgIpc) is 2.03. The maximum Gasteiger partial charge on any atom is 0.433 e. The smallest absolute Gasteiger partial charge is 0.389 e. The summed E-state index contributed by atoms with van der Waals surface area (Å²) in [6, 6.07) is 0. The molecule has 1 aromatic rings. The number of hydrogen-bond acceptors (Lipinski definition) is 3. The molecule has 1 heterocycles. The van der Waals surface area contributed by atoms with Gasteiger partial charge in [0.15, 0.2) is 5.69 Å². The minimum Gasteiger partial charge on any atom is -0.389 e. The number of alkyl halides is 3. The predicted octanol–water partition coefficient (Wildman–Crippen LogP) is 1.55. The molecule has 13 heavy (non-hydrogen) atoms. The van der Waals surface area contributed by atoms with Crippen molar-refractivity contribution in [1.29, 1.82) is 0 Å². The SMILES string of the molecule is CC(O)c1cncnc1C(F)(F)F. The Balaban J connectivity index is 3.20. The first-order valence-electron chi connectivity index (χ1n) is 3.48. The van der Waals surface area contributed by atoms with E-state index in [4.69, 9.17) is 5.11 Å². The van der Waals surface area contributed by atoms with Crippen molar-refractivity contribution in [2.24, 2.45) is 0 Å². The summed E-state index contributed by atoms with van der Waals surface area (Å²) in [7, 11) is 0. The Bertz CT molecular complexity index is 298. The number of nitrogens with zero attached hydrogens (tertiary/aromatic N) is 2. The molecule has 0 radical (unpaired) electrons. The third-order valence-electron chi connectivity index (χ3n) is 1.46. The lowest BCUT2D eigenvalue weighted by Crippen LogP contribution is -2.13. The molecule has 0 fully saturated rings. The van der Waals surface area contributed by atoms with Crippen LogP contribution < -0.4 is 0 Å². The van der Waals surface area contributed by atoms with Crippen LogP contribution in [0, 0.1) is 0 Å². The van der Waals surface area contributed by atoms with Gasteiger partial charge in [0.05, 0.1) is 6.10 Å². The molecule has 1 atom stereocenters. The molecule has 1 aromatic heterocycles. The zero-order valence-electron chi connectivity index (χ0n) is 6.71. The fraction of sp³-hybridized carbons (Fsp3) is 0.429. The minimum atomic E-state index is -4.55. The van der Waals surface area contributed by atoms with E-state index in [1.165, 1.54) is 6.92 Å². The molecular formula is C7H7F3N2O. The van der Waals surface area contributed by atoms with Gasteiger partial charge in [-0.2, -0.15) is 13.2 Å². The van der Waals surface area contributed by atoms with Crippen LogP contribution in [-0.2, 0) is 6.18 Å². The Kier molecular flexibility index (Phi) is 2.51. The van der Waals surface area contributed by atoms with Crippen molar-refractivity contribution < 1.29 is 18.3 Å². The molecule has 6 heteroatoms. The highest BCUT2D eigenvalue weighted by molar-refractivity contribution is 5.20. The fourth-order valence-corrected chi connectivity index (χ4v) is 0.883. The number of rotatable bonds is 1. The van der Waals surface area contributed by atoms with Gasteiger partial charge in [-0.15, -0.1) is 0 Å². The van der Waals surface area contributed by atoms with E-state index in [9.17, 15) is 13.2 Å². The fourth-order valence-electron chi connectivity index (χ4n) is 0.883. The molecule has 1 rings (SSSR count). The molecule has 3 nitrogen and oxygen atoms in total. The highest BCUT2D eigenvalue weighted by Gasteiger charge is 2.36. The number of halogens is 3. The first-order valence-corrected chi connectivity index (χ1v) is 3.48. The lowest BCUT2D eigenvalue weighted by molar-refractivity contribution is -0.142. The van der Waals surface area contributed by atoms with Gasteiger partial charge in [-0.25, -0.2) is 9.97 Å². The summed E-state index contributed by atoms with van der Waals surface area (Å²) in [6.07, 6.45) is -4.01. The number of aliphatic hydroxyl groups excluding tert-OH is 1. The molecule has 0 spiro atoms. The Morgan fingerprint density at radius 2 is 2.08 bits per heavy atom. The summed E-state index contributed by atoms with van der Waals surface area (Å²) in [6.45, 7) is 1.23. The maximum atomic E-state index is 12.2. The molecule has 72 valence electrons. The van der Waals surface area contributed by atoms with Crippen LogP contribution in [0.2, 0.25) is 0 Å². The molecule has 0 aliphatic heterocycles. The second kappa shape index (κ2) is 3.29. The molecule has 1 N–H and O–H groups in total. The zero-order chi connectivity index (χ0) is 10.1. The summed E-state index contributed by atoms with van der Waals surface area (Å²) in [5, 5.41) is 8.99. The van der Waals surface area contributed by atoms with E-state index in [-0.39, 0.29) is 5.56 Å². The van der Waals surface area contributed by atoms with Gasteiger partial charge >= 0.3 is 6.18 Å². The summed E-state index contributed by atoms with van der Waals surface area (Å²) in [5.41, 5.74) is -1.40. The van der Waals surface area contributed by atoms with Crippen LogP contribution >= 0.6 is 0 Å². The molecule has 0 aliphatic carbocycles. The molecule has 0 aliphatic rings. The predicted molar refractivity (Wildman–Crippen MR) is 37.7 cm³/mol. The van der Waals surface area contributed by atoms with E-state index in [2.05, 4.69) is 9.97 Å². The zero-order valence-corrected chi connectivity index (χ0v) is 6.71. The third-order valence-corrected chi connectivity index (χ3v) is 1.46. The summed E-state index contributed by atoms with van der Waals surface area (Å²) in [5.74, 6) is 0. The lowest BCUT2D eigenvalue weighted by atomic mass is 10.1. The monoisotopic (exact) mass is 192 g/mol. The van der Waals surface area contributed by atoms with Crippen LogP contribution in [0.5, 0.6) is 0 Å². The number of hydrogen-bond donors (Lipinski definition) is 1. The van der Waals surface area contributed by atoms with Gasteiger partial charge in [0, 0.05) is 11.8 Å². The molecule has 0 aromatic carbocycles. The molecule has 0 amide bonds. The highest BCUT2D eigenvalue weighted by Crippen LogP contribution is 2.31. The van der Waals surface area contributed by atoms with Gasteiger partial charge in [0.2, 0.25) is 0 Å². The first kappa shape index (κ1) is 9.91. The van der Waals surface area contributed by atoms with Crippen molar-refractivity contribution >= 4 is 0 Å². The average molecular weight is 192 g/mol.